The summed E-state index contributed by atoms with van der Waals surface area (Å²) in [6.45, 7) is 2.63. The predicted molar refractivity (Wildman–Crippen MR) is 125 cm³/mol. The van der Waals surface area contributed by atoms with Gasteiger partial charge in [0, 0.05) is 11.9 Å². The van der Waals surface area contributed by atoms with Gasteiger partial charge in [-0.25, -0.2) is 4.98 Å². The Morgan fingerprint density at radius 1 is 0.968 bits per heavy atom. The Hall–Kier alpha value is -3.86. The number of methoxy groups -OCH3 is 1. The molecular formula is C26H25N3O2. The van der Waals surface area contributed by atoms with Gasteiger partial charge in [-0.05, 0) is 43.2 Å². The maximum atomic E-state index is 13.0. The molecule has 0 atom stereocenters. The summed E-state index contributed by atoms with van der Waals surface area (Å²) in [7, 11) is 1.63. The lowest BCUT2D eigenvalue weighted by atomic mass is 10.1. The van der Waals surface area contributed by atoms with Gasteiger partial charge < -0.3 is 15.4 Å². The molecule has 2 N–H and O–H groups in total. The van der Waals surface area contributed by atoms with Crippen LogP contribution in [0.3, 0.4) is 0 Å². The molecule has 1 heterocycles. The number of anilines is 2. The topological polar surface area (TPSA) is 63.2 Å². The van der Waals surface area contributed by atoms with E-state index in [0.717, 1.165) is 23.0 Å². The van der Waals surface area contributed by atoms with Gasteiger partial charge in [0.05, 0.1) is 23.9 Å². The number of rotatable bonds is 7. The number of carbonyl (C=O) groups excluding carboxylic acids is 1. The number of carbonyl (C=O) groups is 1. The number of pyridine rings is 1. The fourth-order valence-electron chi connectivity index (χ4n) is 3.48. The van der Waals surface area contributed by atoms with Crippen molar-refractivity contribution in [3.05, 3.63) is 95.6 Å². The van der Waals surface area contributed by atoms with Crippen molar-refractivity contribution in [2.24, 2.45) is 0 Å². The fraction of sp³-hybridized carbons (Fsp3) is 0.154. The molecule has 0 fully saturated rings. The molecule has 1 amide bonds. The molecule has 0 aliphatic rings. The Morgan fingerprint density at radius 2 is 1.71 bits per heavy atom. The van der Waals surface area contributed by atoms with Gasteiger partial charge in [-0.3, -0.25) is 4.79 Å². The van der Waals surface area contributed by atoms with Gasteiger partial charge in [0.25, 0.3) is 5.91 Å². The van der Waals surface area contributed by atoms with E-state index in [4.69, 9.17) is 4.74 Å². The molecule has 156 valence electrons. The average Bonchev–Trinajstić information content (AvgIpc) is 2.80. The number of para-hydroxylation sites is 3. The maximum absolute atomic E-state index is 13.0. The summed E-state index contributed by atoms with van der Waals surface area (Å²) in [6, 6.07) is 25.4. The number of hydrogen-bond donors (Lipinski definition) is 2. The van der Waals surface area contributed by atoms with Crippen LogP contribution in [0.15, 0.2) is 78.9 Å². The molecule has 0 radical (unpaired) electrons. The van der Waals surface area contributed by atoms with E-state index in [-0.39, 0.29) is 5.91 Å². The third kappa shape index (κ3) is 4.83. The lowest BCUT2D eigenvalue weighted by Gasteiger charge is -2.13. The zero-order valence-corrected chi connectivity index (χ0v) is 17.7. The first-order chi connectivity index (χ1) is 15.1. The Balaban J connectivity index is 1.57. The minimum Gasteiger partial charge on any atom is -0.495 e. The van der Waals surface area contributed by atoms with Crippen molar-refractivity contribution in [3.63, 3.8) is 0 Å². The molecule has 1 aromatic heterocycles. The lowest BCUT2D eigenvalue weighted by molar-refractivity contribution is 0.0955. The number of nitrogens with one attached hydrogen (secondary N) is 2. The summed E-state index contributed by atoms with van der Waals surface area (Å²) in [5, 5.41) is 7.15. The minimum atomic E-state index is -0.117. The summed E-state index contributed by atoms with van der Waals surface area (Å²) in [5.41, 5.74) is 4.56. The van der Waals surface area contributed by atoms with Crippen LogP contribution >= 0.6 is 0 Å². The number of aryl methyl sites for hydroxylation is 1. The monoisotopic (exact) mass is 411 g/mol. The molecule has 4 rings (SSSR count). The first-order valence-electron chi connectivity index (χ1n) is 10.3. The van der Waals surface area contributed by atoms with Gasteiger partial charge in [-0.2, -0.15) is 0 Å². The standard InChI is InChI=1S/C26H25N3O2/c1-18-11-13-19(14-12-18)15-16-27-26(30)21-17-25(28-22-8-4-3-7-20(21)22)29-23-9-5-6-10-24(23)31-2/h3-14,17H,15-16H2,1-2H3,(H,27,30)(H,28,29). The molecule has 4 aromatic rings. The normalized spacial score (nSPS) is 10.6. The average molecular weight is 412 g/mol. The summed E-state index contributed by atoms with van der Waals surface area (Å²) in [4.78, 5) is 17.7. The highest BCUT2D eigenvalue weighted by Crippen LogP contribution is 2.28. The van der Waals surface area contributed by atoms with Crippen LogP contribution in [0.2, 0.25) is 0 Å². The second kappa shape index (κ2) is 9.30. The molecule has 0 spiro atoms. The zero-order valence-electron chi connectivity index (χ0n) is 17.7. The van der Waals surface area contributed by atoms with Crippen molar-refractivity contribution in [1.29, 1.82) is 0 Å². The number of amides is 1. The van der Waals surface area contributed by atoms with Gasteiger partial charge >= 0.3 is 0 Å². The fourth-order valence-corrected chi connectivity index (χ4v) is 3.48. The highest BCUT2D eigenvalue weighted by Gasteiger charge is 2.14. The third-order valence-corrected chi connectivity index (χ3v) is 5.15. The van der Waals surface area contributed by atoms with Crippen molar-refractivity contribution in [2.75, 3.05) is 19.0 Å². The molecule has 5 heteroatoms. The Kier molecular flexibility index (Phi) is 6.13. The SMILES string of the molecule is COc1ccccc1Nc1cc(C(=O)NCCc2ccc(C)cc2)c2ccccc2n1. The molecular weight excluding hydrogens is 386 g/mol. The number of ether oxygens (including phenoxy) is 1. The first kappa shape index (κ1) is 20.4. The number of nitrogens with zero attached hydrogens (tertiary/aromatic N) is 1. The van der Waals surface area contributed by atoms with Crippen LogP contribution in [0.4, 0.5) is 11.5 Å². The van der Waals surface area contributed by atoms with E-state index in [1.807, 2.05) is 48.5 Å². The highest BCUT2D eigenvalue weighted by molar-refractivity contribution is 6.07. The number of fused-ring (bicyclic) bond motifs is 1. The largest absolute Gasteiger partial charge is 0.495 e. The van der Waals surface area contributed by atoms with Crippen molar-refractivity contribution in [1.82, 2.24) is 10.3 Å². The van der Waals surface area contributed by atoms with E-state index in [1.54, 1.807) is 13.2 Å². The third-order valence-electron chi connectivity index (χ3n) is 5.15. The first-order valence-corrected chi connectivity index (χ1v) is 10.3. The van der Waals surface area contributed by atoms with Crippen LogP contribution in [-0.2, 0) is 6.42 Å². The van der Waals surface area contributed by atoms with Crippen molar-refractivity contribution < 1.29 is 9.53 Å². The summed E-state index contributed by atoms with van der Waals surface area (Å²) in [6.07, 6.45) is 0.779. The van der Waals surface area contributed by atoms with Gasteiger partial charge in [0.15, 0.2) is 0 Å². The Bertz CT molecular complexity index is 1200. The lowest BCUT2D eigenvalue weighted by Crippen LogP contribution is -2.26. The van der Waals surface area contributed by atoms with Gasteiger partial charge in [0.2, 0.25) is 0 Å². The number of aromatic nitrogens is 1. The summed E-state index contributed by atoms with van der Waals surface area (Å²) >= 11 is 0. The van der Waals surface area contributed by atoms with E-state index >= 15 is 0 Å². The molecule has 0 bridgehead atoms. The predicted octanol–water partition coefficient (Wildman–Crippen LogP) is 5.27. The molecule has 0 unspecified atom stereocenters. The second-order valence-electron chi connectivity index (χ2n) is 7.39. The van der Waals surface area contributed by atoms with Crippen LogP contribution in [0, 0.1) is 6.92 Å². The highest BCUT2D eigenvalue weighted by atomic mass is 16.5. The molecule has 0 saturated carbocycles. The van der Waals surface area contributed by atoms with E-state index in [2.05, 4.69) is 46.8 Å². The quantitative estimate of drug-likeness (QED) is 0.435. The maximum Gasteiger partial charge on any atom is 0.252 e. The van der Waals surface area contributed by atoms with E-state index < -0.39 is 0 Å². The zero-order chi connectivity index (χ0) is 21.6. The second-order valence-corrected chi connectivity index (χ2v) is 7.39. The molecule has 5 nitrogen and oxygen atoms in total. The molecule has 0 aliphatic carbocycles. The summed E-state index contributed by atoms with van der Waals surface area (Å²) < 4.78 is 5.42. The van der Waals surface area contributed by atoms with Gasteiger partial charge in [-0.1, -0.05) is 60.2 Å². The number of benzene rings is 3. The van der Waals surface area contributed by atoms with Crippen LogP contribution in [0.5, 0.6) is 5.75 Å². The van der Waals surface area contributed by atoms with E-state index in [0.29, 0.717) is 23.7 Å². The molecule has 31 heavy (non-hydrogen) atoms. The van der Waals surface area contributed by atoms with Crippen molar-refractivity contribution >= 4 is 28.3 Å². The van der Waals surface area contributed by atoms with Crippen LogP contribution < -0.4 is 15.4 Å². The Morgan fingerprint density at radius 3 is 2.52 bits per heavy atom. The van der Waals surface area contributed by atoms with Crippen LogP contribution in [0.1, 0.15) is 21.5 Å². The van der Waals surface area contributed by atoms with Crippen molar-refractivity contribution in [3.8, 4) is 5.75 Å². The van der Waals surface area contributed by atoms with E-state index in [1.165, 1.54) is 11.1 Å². The summed E-state index contributed by atoms with van der Waals surface area (Å²) in [5.74, 6) is 1.18. The Labute approximate surface area is 182 Å². The van der Waals surface area contributed by atoms with Gasteiger partial charge in [-0.15, -0.1) is 0 Å². The van der Waals surface area contributed by atoms with Gasteiger partial charge in [0.1, 0.15) is 11.6 Å². The van der Waals surface area contributed by atoms with Crippen LogP contribution in [0.25, 0.3) is 10.9 Å². The molecule has 0 saturated heterocycles. The molecule has 3 aromatic carbocycles. The molecule has 0 aliphatic heterocycles. The smallest absolute Gasteiger partial charge is 0.252 e. The van der Waals surface area contributed by atoms with Crippen molar-refractivity contribution in [2.45, 2.75) is 13.3 Å². The number of hydrogen-bond acceptors (Lipinski definition) is 4. The minimum absolute atomic E-state index is 0.117. The van der Waals surface area contributed by atoms with E-state index in [9.17, 15) is 4.79 Å². The van der Waals surface area contributed by atoms with Crippen LogP contribution in [-0.4, -0.2) is 24.5 Å².